The van der Waals surface area contributed by atoms with Gasteiger partial charge in [-0.05, 0) is 29.8 Å². The zero-order valence-corrected chi connectivity index (χ0v) is 9.97. The van der Waals surface area contributed by atoms with Crippen molar-refractivity contribution in [2.45, 2.75) is 6.04 Å². The summed E-state index contributed by atoms with van der Waals surface area (Å²) in [4.78, 5) is 0. The van der Waals surface area contributed by atoms with Gasteiger partial charge in [0.2, 0.25) is 0 Å². The third-order valence-corrected chi connectivity index (χ3v) is 2.65. The Morgan fingerprint density at radius 2 is 1.84 bits per heavy atom. The number of halogens is 1. The molecular formula is C15H10FN3. The van der Waals surface area contributed by atoms with Gasteiger partial charge in [0.1, 0.15) is 11.9 Å². The lowest BCUT2D eigenvalue weighted by Gasteiger charge is -2.14. The summed E-state index contributed by atoms with van der Waals surface area (Å²) >= 11 is 0. The molecule has 0 amide bonds. The van der Waals surface area contributed by atoms with Crippen LogP contribution in [0.3, 0.4) is 0 Å². The van der Waals surface area contributed by atoms with E-state index in [-0.39, 0.29) is 5.69 Å². The largest absolute Gasteiger partial charge is 0.364 e. The number of nitrogens with one attached hydrogen (secondary N) is 1. The summed E-state index contributed by atoms with van der Waals surface area (Å²) in [5.74, 6) is -0.417. The highest BCUT2D eigenvalue weighted by molar-refractivity contribution is 5.49. The van der Waals surface area contributed by atoms with Crippen molar-refractivity contribution >= 4 is 5.69 Å². The lowest BCUT2D eigenvalue weighted by molar-refractivity contribution is 0.629. The first-order valence-electron chi connectivity index (χ1n) is 5.65. The molecule has 0 saturated carbocycles. The van der Waals surface area contributed by atoms with E-state index >= 15 is 0 Å². The molecular weight excluding hydrogens is 241 g/mol. The van der Waals surface area contributed by atoms with Crippen LogP contribution in [0.25, 0.3) is 0 Å². The van der Waals surface area contributed by atoms with Crippen LogP contribution in [0.1, 0.15) is 17.2 Å². The second-order valence-corrected chi connectivity index (χ2v) is 3.92. The molecule has 0 aliphatic heterocycles. The number of nitrogens with zero attached hydrogens (tertiary/aromatic N) is 2. The van der Waals surface area contributed by atoms with Gasteiger partial charge in [-0.1, -0.05) is 24.3 Å². The lowest BCUT2D eigenvalue weighted by Crippen LogP contribution is -2.09. The monoisotopic (exact) mass is 251 g/mol. The van der Waals surface area contributed by atoms with Gasteiger partial charge in [0.05, 0.1) is 23.4 Å². The number of nitriles is 2. The summed E-state index contributed by atoms with van der Waals surface area (Å²) in [6.07, 6.45) is 0. The third-order valence-electron chi connectivity index (χ3n) is 2.65. The fourth-order valence-electron chi connectivity index (χ4n) is 1.71. The molecule has 2 rings (SSSR count). The van der Waals surface area contributed by atoms with Crippen LogP contribution in [0, 0.1) is 28.5 Å². The maximum atomic E-state index is 13.5. The van der Waals surface area contributed by atoms with Crippen LogP contribution in [0.5, 0.6) is 0 Å². The molecule has 0 aliphatic rings. The second kappa shape index (κ2) is 5.66. The highest BCUT2D eigenvalue weighted by Crippen LogP contribution is 2.21. The normalized spacial score (nSPS) is 11.1. The van der Waals surface area contributed by atoms with Gasteiger partial charge in [-0.3, -0.25) is 0 Å². The number of hydrogen-bond acceptors (Lipinski definition) is 3. The maximum Gasteiger partial charge on any atom is 0.146 e. The Bertz CT molecular complexity index is 668. The molecule has 0 spiro atoms. The Kier molecular flexibility index (Phi) is 3.75. The molecule has 3 nitrogen and oxygen atoms in total. The minimum atomic E-state index is -0.704. The summed E-state index contributed by atoms with van der Waals surface area (Å²) in [5.41, 5.74) is 1.36. The van der Waals surface area contributed by atoms with Gasteiger partial charge in [-0.2, -0.15) is 10.5 Å². The van der Waals surface area contributed by atoms with Gasteiger partial charge in [0.25, 0.3) is 0 Å². The van der Waals surface area contributed by atoms with Crippen molar-refractivity contribution in [3.63, 3.8) is 0 Å². The number of rotatable bonds is 3. The molecule has 0 heterocycles. The molecule has 1 N–H and O–H groups in total. The molecule has 92 valence electrons. The summed E-state index contributed by atoms with van der Waals surface area (Å²) in [7, 11) is 0. The van der Waals surface area contributed by atoms with Crippen LogP contribution in [-0.2, 0) is 0 Å². The molecule has 2 aromatic rings. The maximum absolute atomic E-state index is 13.5. The van der Waals surface area contributed by atoms with Crippen LogP contribution in [0.15, 0.2) is 48.5 Å². The van der Waals surface area contributed by atoms with Gasteiger partial charge < -0.3 is 5.32 Å². The van der Waals surface area contributed by atoms with Crippen LogP contribution >= 0.6 is 0 Å². The minimum absolute atomic E-state index is 0.261. The van der Waals surface area contributed by atoms with E-state index < -0.39 is 11.9 Å². The van der Waals surface area contributed by atoms with Crippen molar-refractivity contribution in [3.8, 4) is 12.1 Å². The average Bonchev–Trinajstić information content (AvgIpc) is 2.46. The van der Waals surface area contributed by atoms with Crippen molar-refractivity contribution in [2.75, 3.05) is 5.32 Å². The Balaban J connectivity index is 2.29. The predicted molar refractivity (Wildman–Crippen MR) is 69.5 cm³/mol. The fraction of sp³-hybridized carbons (Fsp3) is 0.0667. The van der Waals surface area contributed by atoms with E-state index in [1.807, 2.05) is 6.07 Å². The van der Waals surface area contributed by atoms with Crippen molar-refractivity contribution in [1.82, 2.24) is 0 Å². The van der Waals surface area contributed by atoms with E-state index in [0.717, 1.165) is 0 Å². The molecule has 0 aliphatic carbocycles. The number of anilines is 1. The first-order chi connectivity index (χ1) is 9.24. The molecule has 19 heavy (non-hydrogen) atoms. The molecule has 0 aromatic heterocycles. The minimum Gasteiger partial charge on any atom is -0.364 e. The van der Waals surface area contributed by atoms with Gasteiger partial charge >= 0.3 is 0 Å². The lowest BCUT2D eigenvalue weighted by atomic mass is 10.0. The Morgan fingerprint density at radius 3 is 2.53 bits per heavy atom. The zero-order chi connectivity index (χ0) is 13.7. The Hall–Kier alpha value is -2.85. The quantitative estimate of drug-likeness (QED) is 0.909. The van der Waals surface area contributed by atoms with Crippen molar-refractivity contribution < 1.29 is 4.39 Å². The molecule has 4 heteroatoms. The molecule has 0 saturated heterocycles. The van der Waals surface area contributed by atoms with E-state index in [2.05, 4.69) is 11.4 Å². The van der Waals surface area contributed by atoms with E-state index in [1.165, 1.54) is 6.07 Å². The highest BCUT2D eigenvalue weighted by Gasteiger charge is 2.12. The van der Waals surface area contributed by atoms with Crippen LogP contribution in [-0.4, -0.2) is 0 Å². The highest BCUT2D eigenvalue weighted by atomic mass is 19.1. The second-order valence-electron chi connectivity index (χ2n) is 3.92. The third kappa shape index (κ3) is 2.88. The molecule has 2 aromatic carbocycles. The van der Waals surface area contributed by atoms with Crippen LogP contribution in [0.4, 0.5) is 10.1 Å². The number of hydrogen-bond donors (Lipinski definition) is 1. The standard InChI is InChI=1S/C15H10FN3/c16-13-6-1-2-7-14(13)19-15(10-18)12-5-3-4-11(8-12)9-17/h1-8,15,19H. The van der Waals surface area contributed by atoms with Crippen LogP contribution < -0.4 is 5.32 Å². The molecule has 0 fully saturated rings. The SMILES string of the molecule is N#Cc1cccc(C(C#N)Nc2ccccc2F)c1. The van der Waals surface area contributed by atoms with Crippen molar-refractivity contribution in [2.24, 2.45) is 0 Å². The Morgan fingerprint density at radius 1 is 1.05 bits per heavy atom. The fourth-order valence-corrected chi connectivity index (χ4v) is 1.71. The smallest absolute Gasteiger partial charge is 0.146 e. The van der Waals surface area contributed by atoms with E-state index in [0.29, 0.717) is 11.1 Å². The van der Waals surface area contributed by atoms with Gasteiger partial charge in [0, 0.05) is 0 Å². The summed E-state index contributed by atoms with van der Waals surface area (Å²) in [5, 5.41) is 20.8. The summed E-state index contributed by atoms with van der Waals surface area (Å²) < 4.78 is 13.5. The average molecular weight is 251 g/mol. The molecule has 0 bridgehead atoms. The van der Waals surface area contributed by atoms with Gasteiger partial charge in [-0.25, -0.2) is 4.39 Å². The van der Waals surface area contributed by atoms with E-state index in [9.17, 15) is 9.65 Å². The molecule has 1 unspecified atom stereocenters. The summed E-state index contributed by atoms with van der Waals surface area (Å²) in [6, 6.07) is 16.2. The molecule has 1 atom stereocenters. The van der Waals surface area contributed by atoms with Crippen molar-refractivity contribution in [3.05, 3.63) is 65.5 Å². The van der Waals surface area contributed by atoms with Crippen molar-refractivity contribution in [1.29, 1.82) is 10.5 Å². The Labute approximate surface area is 110 Å². The van der Waals surface area contributed by atoms with E-state index in [4.69, 9.17) is 5.26 Å². The van der Waals surface area contributed by atoms with E-state index in [1.54, 1.807) is 42.5 Å². The molecule has 0 radical (unpaired) electrons. The predicted octanol–water partition coefficient (Wildman–Crippen LogP) is 3.37. The van der Waals surface area contributed by atoms with Gasteiger partial charge in [-0.15, -0.1) is 0 Å². The first kappa shape index (κ1) is 12.6. The zero-order valence-electron chi connectivity index (χ0n) is 9.97. The van der Waals surface area contributed by atoms with Gasteiger partial charge in [0.15, 0.2) is 0 Å². The summed E-state index contributed by atoms with van der Waals surface area (Å²) in [6.45, 7) is 0. The number of benzene rings is 2. The number of para-hydroxylation sites is 1. The topological polar surface area (TPSA) is 59.6 Å². The van der Waals surface area contributed by atoms with Crippen LogP contribution in [0.2, 0.25) is 0 Å². The first-order valence-corrected chi connectivity index (χ1v) is 5.65.